The van der Waals surface area contributed by atoms with Gasteiger partial charge in [-0.05, 0) is 0 Å². The molecule has 2 aromatic heterocycles. The number of rotatable bonds is 2. The second-order valence-corrected chi connectivity index (χ2v) is 3.63. The Balaban J connectivity index is 1.87. The second kappa shape index (κ2) is 4.06. The lowest BCUT2D eigenvalue weighted by Gasteiger charge is -2.16. The molecule has 0 radical (unpaired) electrons. The highest BCUT2D eigenvalue weighted by atomic mass is 16.5. The molecule has 2 aromatic rings. The molecule has 1 atom stereocenters. The molecular weight excluding hydrogens is 226 g/mol. The van der Waals surface area contributed by atoms with Crippen molar-refractivity contribution in [1.82, 2.24) is 25.3 Å². The summed E-state index contributed by atoms with van der Waals surface area (Å²) in [5, 5.41) is 10.0. The van der Waals surface area contributed by atoms with Gasteiger partial charge in [-0.25, -0.2) is 4.98 Å². The summed E-state index contributed by atoms with van der Waals surface area (Å²) in [6.07, 6.45) is 1.73. The van der Waals surface area contributed by atoms with Crippen molar-refractivity contribution >= 4 is 5.78 Å². The zero-order chi connectivity index (χ0) is 11.7. The van der Waals surface area contributed by atoms with Gasteiger partial charge < -0.3 is 9.26 Å². The normalized spacial score (nSPS) is 20.7. The van der Waals surface area contributed by atoms with E-state index in [-0.39, 0.29) is 24.1 Å². The number of Topliss-reactive ketones (excluding diaryl/α,β-unsaturated/α-hetero) is 1. The average Bonchev–Trinajstić information content (AvgIpc) is 3.00. The van der Waals surface area contributed by atoms with Gasteiger partial charge in [-0.2, -0.15) is 10.1 Å². The highest BCUT2D eigenvalue weighted by Crippen LogP contribution is 2.22. The van der Waals surface area contributed by atoms with E-state index in [2.05, 4.69) is 25.3 Å². The van der Waals surface area contributed by atoms with E-state index >= 15 is 0 Å². The smallest absolute Gasteiger partial charge is 0.240 e. The van der Waals surface area contributed by atoms with Crippen LogP contribution in [0.1, 0.15) is 18.2 Å². The van der Waals surface area contributed by atoms with E-state index in [1.165, 1.54) is 6.33 Å². The molecule has 1 N–H and O–H groups in total. The topological polar surface area (TPSA) is 107 Å². The van der Waals surface area contributed by atoms with Crippen molar-refractivity contribution in [3.8, 4) is 11.6 Å². The molecule has 0 saturated carbocycles. The van der Waals surface area contributed by atoms with Crippen molar-refractivity contribution < 1.29 is 14.1 Å². The minimum atomic E-state index is -0.465. The van der Waals surface area contributed by atoms with E-state index in [1.807, 2.05) is 0 Å². The van der Waals surface area contributed by atoms with E-state index in [9.17, 15) is 4.79 Å². The molecule has 0 aliphatic carbocycles. The van der Waals surface area contributed by atoms with Crippen LogP contribution in [0.15, 0.2) is 10.9 Å². The molecule has 1 fully saturated rings. The lowest BCUT2D eigenvalue weighted by Crippen LogP contribution is -2.25. The van der Waals surface area contributed by atoms with Gasteiger partial charge in [0, 0.05) is 6.42 Å². The SMILES string of the molecule is O=C1CCOCC1c1nc(-c2ncn[nH]2)no1. The van der Waals surface area contributed by atoms with Crippen LogP contribution in [-0.2, 0) is 9.53 Å². The average molecular weight is 235 g/mol. The minimum absolute atomic E-state index is 0.0593. The molecule has 0 amide bonds. The molecule has 0 aromatic carbocycles. The van der Waals surface area contributed by atoms with Gasteiger partial charge in [-0.1, -0.05) is 5.16 Å². The number of ketones is 1. The highest BCUT2D eigenvalue weighted by molar-refractivity contribution is 5.85. The lowest BCUT2D eigenvalue weighted by molar-refractivity contribution is -0.127. The maximum atomic E-state index is 11.6. The fourth-order valence-corrected chi connectivity index (χ4v) is 1.64. The third-order valence-corrected chi connectivity index (χ3v) is 2.53. The first-order chi connectivity index (χ1) is 8.34. The van der Waals surface area contributed by atoms with Crippen LogP contribution in [0, 0.1) is 0 Å². The number of hydrogen-bond donors (Lipinski definition) is 1. The third-order valence-electron chi connectivity index (χ3n) is 2.53. The van der Waals surface area contributed by atoms with Gasteiger partial charge in [0.1, 0.15) is 18.0 Å². The number of nitrogens with zero attached hydrogens (tertiary/aromatic N) is 4. The van der Waals surface area contributed by atoms with Crippen LogP contribution < -0.4 is 0 Å². The third kappa shape index (κ3) is 1.82. The molecule has 1 aliphatic rings. The number of carbonyl (C=O) groups is 1. The Morgan fingerprint density at radius 2 is 2.41 bits per heavy atom. The second-order valence-electron chi connectivity index (χ2n) is 3.63. The van der Waals surface area contributed by atoms with Crippen molar-refractivity contribution in [3.05, 3.63) is 12.2 Å². The monoisotopic (exact) mass is 235 g/mol. The summed E-state index contributed by atoms with van der Waals surface area (Å²) in [5.41, 5.74) is 0. The Kier molecular flexibility index (Phi) is 2.41. The largest absolute Gasteiger partial charge is 0.380 e. The Morgan fingerprint density at radius 1 is 1.47 bits per heavy atom. The molecule has 3 heterocycles. The van der Waals surface area contributed by atoms with Crippen LogP contribution in [0.5, 0.6) is 0 Å². The highest BCUT2D eigenvalue weighted by Gasteiger charge is 2.30. The minimum Gasteiger partial charge on any atom is -0.380 e. The Labute approximate surface area is 95.4 Å². The number of aromatic nitrogens is 5. The van der Waals surface area contributed by atoms with Crippen LogP contribution in [0.3, 0.4) is 0 Å². The number of nitrogens with one attached hydrogen (secondary N) is 1. The first kappa shape index (κ1) is 10.1. The number of hydrogen-bond acceptors (Lipinski definition) is 7. The van der Waals surface area contributed by atoms with E-state index < -0.39 is 5.92 Å². The zero-order valence-corrected chi connectivity index (χ0v) is 8.79. The number of ether oxygens (including phenoxy) is 1. The lowest BCUT2D eigenvalue weighted by atomic mass is 10.0. The summed E-state index contributed by atoms with van der Waals surface area (Å²) in [5.74, 6) is 0.554. The van der Waals surface area contributed by atoms with Gasteiger partial charge in [-0.15, -0.1) is 0 Å². The van der Waals surface area contributed by atoms with Crippen molar-refractivity contribution in [2.45, 2.75) is 12.3 Å². The van der Waals surface area contributed by atoms with Gasteiger partial charge in [0.2, 0.25) is 11.7 Å². The molecule has 0 bridgehead atoms. The molecule has 88 valence electrons. The molecule has 1 aliphatic heterocycles. The molecule has 1 unspecified atom stereocenters. The Morgan fingerprint density at radius 3 is 3.18 bits per heavy atom. The fraction of sp³-hybridized carbons (Fsp3) is 0.444. The number of aromatic amines is 1. The predicted octanol–water partition coefficient (Wildman–Crippen LogP) is -0.0723. The summed E-state index contributed by atoms with van der Waals surface area (Å²) in [6.45, 7) is 0.745. The quantitative estimate of drug-likeness (QED) is 0.776. The molecule has 0 spiro atoms. The van der Waals surface area contributed by atoms with Crippen LogP contribution in [0.2, 0.25) is 0 Å². The van der Waals surface area contributed by atoms with E-state index in [0.29, 0.717) is 18.9 Å². The van der Waals surface area contributed by atoms with Crippen molar-refractivity contribution in [1.29, 1.82) is 0 Å². The number of H-pyrrole nitrogens is 1. The van der Waals surface area contributed by atoms with Gasteiger partial charge in [0.15, 0.2) is 5.82 Å². The van der Waals surface area contributed by atoms with Crippen LogP contribution in [0.25, 0.3) is 11.6 Å². The molecule has 3 rings (SSSR count). The maximum absolute atomic E-state index is 11.6. The first-order valence-corrected chi connectivity index (χ1v) is 5.14. The Bertz CT molecular complexity index is 520. The summed E-state index contributed by atoms with van der Waals surface area (Å²) >= 11 is 0. The first-order valence-electron chi connectivity index (χ1n) is 5.14. The maximum Gasteiger partial charge on any atom is 0.240 e. The molecular formula is C9H9N5O3. The summed E-state index contributed by atoms with van der Waals surface area (Å²) in [6, 6.07) is 0. The van der Waals surface area contributed by atoms with Gasteiger partial charge in [0.05, 0.1) is 13.2 Å². The van der Waals surface area contributed by atoms with E-state index in [4.69, 9.17) is 9.26 Å². The van der Waals surface area contributed by atoms with Gasteiger partial charge in [0.25, 0.3) is 0 Å². The van der Waals surface area contributed by atoms with Crippen LogP contribution >= 0.6 is 0 Å². The fourth-order valence-electron chi connectivity index (χ4n) is 1.64. The summed E-state index contributed by atoms with van der Waals surface area (Å²) < 4.78 is 10.3. The van der Waals surface area contributed by atoms with Gasteiger partial charge >= 0.3 is 0 Å². The zero-order valence-electron chi connectivity index (χ0n) is 8.79. The van der Waals surface area contributed by atoms with Gasteiger partial charge in [-0.3, -0.25) is 9.89 Å². The molecule has 1 saturated heterocycles. The molecule has 17 heavy (non-hydrogen) atoms. The predicted molar refractivity (Wildman–Crippen MR) is 52.9 cm³/mol. The molecule has 8 heteroatoms. The molecule has 8 nitrogen and oxygen atoms in total. The number of carbonyl (C=O) groups excluding carboxylic acids is 1. The summed E-state index contributed by atoms with van der Waals surface area (Å²) in [4.78, 5) is 19.7. The van der Waals surface area contributed by atoms with Crippen LogP contribution in [0.4, 0.5) is 0 Å². The van der Waals surface area contributed by atoms with E-state index in [0.717, 1.165) is 0 Å². The van der Waals surface area contributed by atoms with Crippen LogP contribution in [-0.4, -0.2) is 44.3 Å². The van der Waals surface area contributed by atoms with Crippen molar-refractivity contribution in [2.24, 2.45) is 0 Å². The van der Waals surface area contributed by atoms with E-state index in [1.54, 1.807) is 0 Å². The summed E-state index contributed by atoms with van der Waals surface area (Å²) in [7, 11) is 0. The standard InChI is InChI=1S/C9H9N5O3/c15-6-1-2-16-3-5(6)9-12-8(14-17-9)7-10-4-11-13-7/h4-5H,1-3H2,(H,10,11,13). The van der Waals surface area contributed by atoms with Crippen molar-refractivity contribution in [3.63, 3.8) is 0 Å². The van der Waals surface area contributed by atoms with Crippen molar-refractivity contribution in [2.75, 3.05) is 13.2 Å². The Hall–Kier alpha value is -2.09.